The van der Waals surface area contributed by atoms with Gasteiger partial charge in [0.15, 0.2) is 0 Å². The second-order valence-electron chi connectivity index (χ2n) is 11.9. The number of rotatable bonds is 5. The zero-order valence-electron chi connectivity index (χ0n) is 23.6. The molecule has 1 saturated heterocycles. The number of likely N-dealkylation sites (tertiary alicyclic amines) is 1. The van der Waals surface area contributed by atoms with Gasteiger partial charge in [0.05, 0.1) is 17.7 Å². The number of β-amino-alcohol motifs (C(OH)–C–C–N with tert-alkyl or cyclic N) is 1. The number of hydrogen-bond acceptors (Lipinski definition) is 5. The zero-order valence-corrected chi connectivity index (χ0v) is 24.4. The fourth-order valence-corrected chi connectivity index (χ4v) is 7.44. The van der Waals surface area contributed by atoms with Crippen molar-refractivity contribution >= 4 is 34.9 Å². The van der Waals surface area contributed by atoms with Gasteiger partial charge in [0, 0.05) is 53.8 Å². The maximum Gasteiger partial charge on any atom is 0.262 e. The molecule has 1 aromatic heterocycles. The number of fused-ring (bicyclic) bond motifs is 5. The highest BCUT2D eigenvalue weighted by Gasteiger charge is 2.35. The van der Waals surface area contributed by atoms with Gasteiger partial charge in [-0.15, -0.1) is 0 Å². The Morgan fingerprint density at radius 1 is 1.00 bits per heavy atom. The van der Waals surface area contributed by atoms with Crippen LogP contribution in [0.1, 0.15) is 72.3 Å². The first-order valence-corrected chi connectivity index (χ1v) is 15.5. The van der Waals surface area contributed by atoms with Crippen LogP contribution in [0.5, 0.6) is 0 Å². The number of piperidine rings is 1. The number of nitrogens with one attached hydrogen (secondary N) is 1. The summed E-state index contributed by atoms with van der Waals surface area (Å²) in [5.41, 5.74) is 6.69. The van der Waals surface area contributed by atoms with Crippen LogP contribution in [-0.2, 0) is 17.8 Å². The SMILES string of the molecule is CN(C)SNC(=O)c1ccc2c(C3CCCCC3)c3n(c2c1)CC(C(=O)N1CCCC(O)C1)Cc1ccccc1-3. The molecule has 40 heavy (non-hydrogen) atoms. The molecular weight excluding hydrogens is 520 g/mol. The van der Waals surface area contributed by atoms with Crippen LogP contribution in [0.15, 0.2) is 42.5 Å². The van der Waals surface area contributed by atoms with Gasteiger partial charge < -0.3 is 14.6 Å². The van der Waals surface area contributed by atoms with Gasteiger partial charge in [0.2, 0.25) is 5.91 Å². The Labute approximate surface area is 241 Å². The largest absolute Gasteiger partial charge is 0.391 e. The lowest BCUT2D eigenvalue weighted by atomic mass is 9.81. The molecular formula is C32H40N4O3S. The van der Waals surface area contributed by atoms with Crippen molar-refractivity contribution in [2.45, 2.75) is 69.9 Å². The first-order chi connectivity index (χ1) is 19.4. The van der Waals surface area contributed by atoms with Gasteiger partial charge in [-0.05, 0) is 75.4 Å². The van der Waals surface area contributed by atoms with Gasteiger partial charge in [-0.1, -0.05) is 49.6 Å². The number of carbonyl (C=O) groups is 2. The first-order valence-electron chi connectivity index (χ1n) is 14.8. The summed E-state index contributed by atoms with van der Waals surface area (Å²) in [7, 11) is 3.79. The van der Waals surface area contributed by atoms with Gasteiger partial charge in [0.25, 0.3) is 5.91 Å². The Hall–Kier alpha value is -2.81. The van der Waals surface area contributed by atoms with Crippen LogP contribution in [0.2, 0.25) is 0 Å². The highest BCUT2D eigenvalue weighted by atomic mass is 32.2. The van der Waals surface area contributed by atoms with Gasteiger partial charge in [-0.3, -0.25) is 14.3 Å². The third-order valence-corrected chi connectivity index (χ3v) is 9.54. The number of aromatic nitrogens is 1. The van der Waals surface area contributed by atoms with E-state index in [1.165, 1.54) is 72.0 Å². The number of nitrogens with zero attached hydrogens (tertiary/aromatic N) is 3. The predicted octanol–water partition coefficient (Wildman–Crippen LogP) is 5.37. The minimum Gasteiger partial charge on any atom is -0.391 e. The smallest absolute Gasteiger partial charge is 0.262 e. The molecule has 3 aliphatic rings. The van der Waals surface area contributed by atoms with Crippen molar-refractivity contribution in [3.8, 4) is 11.3 Å². The Kier molecular flexibility index (Phi) is 7.93. The number of benzene rings is 2. The summed E-state index contributed by atoms with van der Waals surface area (Å²) >= 11 is 1.27. The van der Waals surface area contributed by atoms with E-state index >= 15 is 0 Å². The van der Waals surface area contributed by atoms with Crippen molar-refractivity contribution in [3.63, 3.8) is 0 Å². The topological polar surface area (TPSA) is 77.8 Å². The molecule has 2 N–H and O–H groups in total. The zero-order chi connectivity index (χ0) is 27.8. The molecule has 2 aromatic carbocycles. The fraction of sp³-hybridized carbons (Fsp3) is 0.500. The van der Waals surface area contributed by atoms with E-state index < -0.39 is 6.10 Å². The summed E-state index contributed by atoms with van der Waals surface area (Å²) in [5, 5.41) is 11.5. The molecule has 2 atom stereocenters. The number of carbonyl (C=O) groups excluding carboxylic acids is 2. The van der Waals surface area contributed by atoms with Gasteiger partial charge in [-0.2, -0.15) is 0 Å². The van der Waals surface area contributed by atoms with Crippen molar-refractivity contribution < 1.29 is 14.7 Å². The van der Waals surface area contributed by atoms with E-state index in [4.69, 9.17) is 0 Å². The molecule has 8 heteroatoms. The highest BCUT2D eigenvalue weighted by Crippen LogP contribution is 2.47. The molecule has 0 spiro atoms. The maximum atomic E-state index is 14.0. The molecule has 2 aliphatic heterocycles. The minimum absolute atomic E-state index is 0.124. The summed E-state index contributed by atoms with van der Waals surface area (Å²) in [5.74, 6) is 0.233. The lowest BCUT2D eigenvalue weighted by Crippen LogP contribution is -2.46. The third-order valence-electron chi connectivity index (χ3n) is 8.90. The molecule has 2 unspecified atom stereocenters. The van der Waals surface area contributed by atoms with E-state index in [1.54, 1.807) is 0 Å². The maximum absolute atomic E-state index is 14.0. The summed E-state index contributed by atoms with van der Waals surface area (Å²) < 4.78 is 7.13. The lowest BCUT2D eigenvalue weighted by molar-refractivity contribution is -0.139. The number of hydrogen-bond donors (Lipinski definition) is 2. The van der Waals surface area contributed by atoms with Crippen molar-refractivity contribution in [3.05, 3.63) is 59.2 Å². The lowest BCUT2D eigenvalue weighted by Gasteiger charge is -2.33. The van der Waals surface area contributed by atoms with Crippen molar-refractivity contribution in [2.24, 2.45) is 5.92 Å². The normalized spacial score (nSPS) is 21.6. The molecule has 1 aliphatic carbocycles. The molecule has 6 rings (SSSR count). The molecule has 1 saturated carbocycles. The summed E-state index contributed by atoms with van der Waals surface area (Å²) in [4.78, 5) is 28.9. The summed E-state index contributed by atoms with van der Waals surface area (Å²) in [6.07, 6.45) is 7.92. The summed E-state index contributed by atoms with van der Waals surface area (Å²) in [6.45, 7) is 1.68. The van der Waals surface area contributed by atoms with Crippen molar-refractivity contribution in [1.29, 1.82) is 0 Å². The first kappa shape index (κ1) is 27.4. The molecule has 3 heterocycles. The van der Waals surface area contributed by atoms with Gasteiger partial charge in [0.1, 0.15) is 0 Å². The van der Waals surface area contributed by atoms with Crippen LogP contribution in [0.3, 0.4) is 0 Å². The van der Waals surface area contributed by atoms with Crippen LogP contribution >= 0.6 is 12.1 Å². The van der Waals surface area contributed by atoms with Gasteiger partial charge in [-0.25, -0.2) is 4.31 Å². The third kappa shape index (κ3) is 5.29. The van der Waals surface area contributed by atoms with E-state index in [0.29, 0.717) is 37.5 Å². The van der Waals surface area contributed by atoms with Crippen molar-refractivity contribution in [1.82, 2.24) is 18.5 Å². The van der Waals surface area contributed by atoms with Crippen LogP contribution in [0.25, 0.3) is 22.2 Å². The Morgan fingerprint density at radius 3 is 2.58 bits per heavy atom. The van der Waals surface area contributed by atoms with Crippen LogP contribution < -0.4 is 4.72 Å². The minimum atomic E-state index is -0.447. The average molecular weight is 561 g/mol. The molecule has 0 bridgehead atoms. The average Bonchev–Trinajstić information content (AvgIpc) is 3.18. The Balaban J connectivity index is 1.50. The molecule has 3 aromatic rings. The molecule has 212 valence electrons. The van der Waals surface area contributed by atoms with Crippen LogP contribution in [0, 0.1) is 5.92 Å². The number of amides is 2. The molecule has 7 nitrogen and oxygen atoms in total. The summed E-state index contributed by atoms with van der Waals surface area (Å²) in [6, 6.07) is 14.7. The van der Waals surface area contributed by atoms with Crippen LogP contribution in [-0.4, -0.2) is 64.0 Å². The number of aliphatic hydroxyl groups is 1. The Bertz CT molecular complexity index is 1410. The number of aliphatic hydroxyl groups excluding tert-OH is 1. The van der Waals surface area contributed by atoms with E-state index in [-0.39, 0.29) is 17.7 Å². The Morgan fingerprint density at radius 2 is 1.80 bits per heavy atom. The molecule has 0 radical (unpaired) electrons. The van der Waals surface area contributed by atoms with Crippen molar-refractivity contribution in [2.75, 3.05) is 27.2 Å². The molecule has 2 amide bonds. The standard InChI is InChI=1S/C32H40N4O3S/c1-34(2)40-33-31(38)23-14-15-27-28(18-23)36-19-24(32(39)35-16-8-12-25(37)20-35)17-22-11-6-7-13-26(22)30(36)29(27)21-9-4-3-5-10-21/h6-7,11,13-15,18,21,24-25,37H,3-5,8-10,12,16-17,19-20H2,1-2H3,(H,33,38). The predicted molar refractivity (Wildman–Crippen MR) is 161 cm³/mol. The van der Waals surface area contributed by atoms with Gasteiger partial charge >= 0.3 is 0 Å². The molecule has 2 fully saturated rings. The van der Waals surface area contributed by atoms with E-state index in [2.05, 4.69) is 39.6 Å². The van der Waals surface area contributed by atoms with E-state index in [1.807, 2.05) is 35.4 Å². The quantitative estimate of drug-likeness (QED) is 0.411. The van der Waals surface area contributed by atoms with Crippen LogP contribution in [0.4, 0.5) is 0 Å². The highest BCUT2D eigenvalue weighted by molar-refractivity contribution is 7.95. The van der Waals surface area contributed by atoms with E-state index in [9.17, 15) is 14.7 Å². The monoisotopic (exact) mass is 560 g/mol. The second kappa shape index (κ2) is 11.6. The fourth-order valence-electron chi connectivity index (χ4n) is 7.05. The van der Waals surface area contributed by atoms with E-state index in [0.717, 1.165) is 18.4 Å². The second-order valence-corrected chi connectivity index (χ2v) is 13.0.